The Hall–Kier alpha value is -0.450. The van der Waals surface area contributed by atoms with Crippen LogP contribution in [0.25, 0.3) is 0 Å². The second kappa shape index (κ2) is 5.51. The van der Waals surface area contributed by atoms with Crippen LogP contribution in [0.3, 0.4) is 0 Å². The number of thiazole rings is 1. The van der Waals surface area contributed by atoms with Gasteiger partial charge in [0.2, 0.25) is 0 Å². The van der Waals surface area contributed by atoms with Crippen molar-refractivity contribution in [2.24, 2.45) is 0 Å². The van der Waals surface area contributed by atoms with Crippen LogP contribution in [0.5, 0.6) is 0 Å². The average molecular weight is 281 g/mol. The Bertz CT molecular complexity index is 443. The van der Waals surface area contributed by atoms with Crippen molar-refractivity contribution in [3.05, 3.63) is 15.6 Å². The molecular weight excluding hydrogens is 254 g/mol. The zero-order valence-corrected chi connectivity index (χ0v) is 13.9. The van der Waals surface area contributed by atoms with E-state index in [1.54, 1.807) is 0 Å². The van der Waals surface area contributed by atoms with E-state index in [-0.39, 0.29) is 5.54 Å². The smallest absolute Gasteiger partial charge is 0.0900 e. The summed E-state index contributed by atoms with van der Waals surface area (Å²) in [5.74, 6) is 0. The summed E-state index contributed by atoms with van der Waals surface area (Å²) >= 11 is 1.85. The van der Waals surface area contributed by atoms with Gasteiger partial charge in [-0.3, -0.25) is 4.90 Å². The molecule has 1 aromatic heterocycles. The first-order chi connectivity index (χ1) is 8.86. The second-order valence-corrected chi connectivity index (χ2v) is 7.41. The highest BCUT2D eigenvalue weighted by Crippen LogP contribution is 2.33. The van der Waals surface area contributed by atoms with Crippen LogP contribution in [0.1, 0.15) is 55.7 Å². The van der Waals surface area contributed by atoms with Crippen molar-refractivity contribution in [2.75, 3.05) is 13.1 Å². The molecule has 19 heavy (non-hydrogen) atoms. The summed E-state index contributed by atoms with van der Waals surface area (Å²) in [6, 6.07) is 1.05. The normalized spacial score (nSPS) is 30.5. The van der Waals surface area contributed by atoms with Crippen LogP contribution in [-0.2, 0) is 0 Å². The van der Waals surface area contributed by atoms with E-state index in [0.717, 1.165) is 13.1 Å². The van der Waals surface area contributed by atoms with Gasteiger partial charge in [-0.2, -0.15) is 0 Å². The quantitative estimate of drug-likeness (QED) is 0.921. The van der Waals surface area contributed by atoms with E-state index >= 15 is 0 Å². The first-order valence-electron chi connectivity index (χ1n) is 7.31. The van der Waals surface area contributed by atoms with E-state index < -0.39 is 0 Å². The lowest BCUT2D eigenvalue weighted by molar-refractivity contribution is 0.0606. The van der Waals surface area contributed by atoms with Crippen LogP contribution < -0.4 is 5.32 Å². The van der Waals surface area contributed by atoms with Crippen LogP contribution in [0.15, 0.2) is 0 Å². The molecule has 0 amide bonds. The molecule has 0 aliphatic carbocycles. The minimum Gasteiger partial charge on any atom is -0.309 e. The highest BCUT2D eigenvalue weighted by Gasteiger charge is 2.36. The highest BCUT2D eigenvalue weighted by molar-refractivity contribution is 7.11. The van der Waals surface area contributed by atoms with Crippen LogP contribution in [0.4, 0.5) is 0 Å². The van der Waals surface area contributed by atoms with Crippen molar-refractivity contribution in [3.63, 3.8) is 0 Å². The van der Waals surface area contributed by atoms with Gasteiger partial charge >= 0.3 is 0 Å². The number of piperazine rings is 1. The van der Waals surface area contributed by atoms with Crippen molar-refractivity contribution in [3.8, 4) is 0 Å². The summed E-state index contributed by atoms with van der Waals surface area (Å²) in [4.78, 5) is 8.66. The fraction of sp³-hybridized carbons (Fsp3) is 0.800. The third-order valence-corrected chi connectivity index (χ3v) is 5.76. The van der Waals surface area contributed by atoms with E-state index in [4.69, 9.17) is 0 Å². The van der Waals surface area contributed by atoms with Gasteiger partial charge in [0.25, 0.3) is 0 Å². The van der Waals surface area contributed by atoms with E-state index in [0.29, 0.717) is 12.1 Å². The van der Waals surface area contributed by atoms with Gasteiger partial charge in [0, 0.05) is 35.6 Å². The second-order valence-electron chi connectivity index (χ2n) is 6.17. The number of hydrogen-bond acceptors (Lipinski definition) is 4. The van der Waals surface area contributed by atoms with E-state index in [1.165, 1.54) is 22.0 Å². The molecule has 3 unspecified atom stereocenters. The molecule has 0 saturated carbocycles. The van der Waals surface area contributed by atoms with E-state index in [1.807, 2.05) is 11.3 Å². The SMILES string of the molecule is CCC1(C)CN(C(C)c2sc(C)nc2C)C(C)CN1. The fourth-order valence-corrected chi connectivity index (χ4v) is 3.97. The van der Waals surface area contributed by atoms with Crippen molar-refractivity contribution in [1.82, 2.24) is 15.2 Å². The average Bonchev–Trinajstić information content (AvgIpc) is 2.71. The summed E-state index contributed by atoms with van der Waals surface area (Å²) in [5, 5.41) is 4.88. The fourth-order valence-electron chi connectivity index (χ4n) is 2.97. The maximum atomic E-state index is 4.58. The molecule has 3 nitrogen and oxygen atoms in total. The molecule has 1 fully saturated rings. The van der Waals surface area contributed by atoms with Crippen LogP contribution >= 0.6 is 11.3 Å². The lowest BCUT2D eigenvalue weighted by Gasteiger charge is -2.47. The van der Waals surface area contributed by atoms with Gasteiger partial charge in [-0.05, 0) is 41.0 Å². The summed E-state index contributed by atoms with van der Waals surface area (Å²) < 4.78 is 0. The van der Waals surface area contributed by atoms with Crippen LogP contribution in [0, 0.1) is 13.8 Å². The van der Waals surface area contributed by atoms with Crippen molar-refractivity contribution in [2.45, 2.75) is 65.6 Å². The molecule has 1 aromatic rings. The number of nitrogens with one attached hydrogen (secondary N) is 1. The molecule has 0 bridgehead atoms. The molecule has 108 valence electrons. The Labute approximate surface area is 121 Å². The Morgan fingerprint density at radius 3 is 2.74 bits per heavy atom. The molecule has 0 spiro atoms. The summed E-state index contributed by atoms with van der Waals surface area (Å²) in [6.45, 7) is 15.7. The lowest BCUT2D eigenvalue weighted by Crippen LogP contribution is -2.62. The molecule has 2 rings (SSSR count). The molecule has 4 heteroatoms. The topological polar surface area (TPSA) is 28.2 Å². The maximum absolute atomic E-state index is 4.58. The van der Waals surface area contributed by atoms with Crippen LogP contribution in [0.2, 0.25) is 0 Å². The standard InChI is InChI=1S/C15H27N3S/c1-7-15(6)9-18(10(2)8-16-15)12(4)14-11(3)17-13(5)19-14/h10,12,16H,7-9H2,1-6H3. The number of rotatable bonds is 3. The number of nitrogens with zero attached hydrogens (tertiary/aromatic N) is 2. The molecule has 1 aliphatic heterocycles. The van der Waals surface area contributed by atoms with Gasteiger partial charge in [-0.15, -0.1) is 11.3 Å². The number of hydrogen-bond donors (Lipinski definition) is 1. The van der Waals surface area contributed by atoms with Crippen molar-refractivity contribution in [1.29, 1.82) is 0 Å². The summed E-state index contributed by atoms with van der Waals surface area (Å²) in [6.07, 6.45) is 1.17. The van der Waals surface area contributed by atoms with Gasteiger partial charge in [0.05, 0.1) is 10.7 Å². The zero-order chi connectivity index (χ0) is 14.2. The van der Waals surface area contributed by atoms with Gasteiger partial charge in [0.1, 0.15) is 0 Å². The molecular formula is C15H27N3S. The lowest BCUT2D eigenvalue weighted by atomic mass is 9.92. The van der Waals surface area contributed by atoms with Gasteiger partial charge in [0.15, 0.2) is 0 Å². The minimum absolute atomic E-state index is 0.244. The summed E-state index contributed by atoms with van der Waals surface area (Å²) in [5.41, 5.74) is 1.45. The Kier molecular flexibility index (Phi) is 4.33. The van der Waals surface area contributed by atoms with E-state index in [2.05, 4.69) is 56.7 Å². The van der Waals surface area contributed by atoms with Crippen molar-refractivity contribution >= 4 is 11.3 Å². The van der Waals surface area contributed by atoms with Crippen LogP contribution in [-0.4, -0.2) is 34.6 Å². The summed E-state index contributed by atoms with van der Waals surface area (Å²) in [7, 11) is 0. The molecule has 3 atom stereocenters. The zero-order valence-electron chi connectivity index (χ0n) is 13.1. The Morgan fingerprint density at radius 2 is 2.21 bits per heavy atom. The first kappa shape index (κ1) is 14.9. The molecule has 0 aromatic carbocycles. The predicted octanol–water partition coefficient (Wildman–Crippen LogP) is 3.28. The largest absolute Gasteiger partial charge is 0.309 e. The van der Waals surface area contributed by atoms with Gasteiger partial charge < -0.3 is 5.32 Å². The molecule has 2 heterocycles. The third-order valence-electron chi connectivity index (χ3n) is 4.52. The number of aromatic nitrogens is 1. The minimum atomic E-state index is 0.244. The van der Waals surface area contributed by atoms with Gasteiger partial charge in [-0.25, -0.2) is 4.98 Å². The monoisotopic (exact) mass is 281 g/mol. The third kappa shape index (κ3) is 3.01. The maximum Gasteiger partial charge on any atom is 0.0900 e. The first-order valence-corrected chi connectivity index (χ1v) is 8.12. The molecule has 1 aliphatic rings. The number of aryl methyl sites for hydroxylation is 2. The Morgan fingerprint density at radius 1 is 1.53 bits per heavy atom. The molecule has 1 N–H and O–H groups in total. The Balaban J connectivity index is 2.21. The highest BCUT2D eigenvalue weighted by atomic mass is 32.1. The van der Waals surface area contributed by atoms with Crippen molar-refractivity contribution < 1.29 is 0 Å². The predicted molar refractivity (Wildman–Crippen MR) is 82.9 cm³/mol. The molecule has 1 saturated heterocycles. The van der Waals surface area contributed by atoms with E-state index in [9.17, 15) is 0 Å². The molecule has 0 radical (unpaired) electrons. The van der Waals surface area contributed by atoms with Gasteiger partial charge in [-0.1, -0.05) is 6.92 Å².